The molecule has 0 aliphatic carbocycles. The Morgan fingerprint density at radius 2 is 2.42 bits per heavy atom. The fraction of sp³-hybridized carbons (Fsp3) is 0.250. The standard InChI is InChI=1S/C12H13N3O3S/c1-18-8-15-5-6-19-12(15)14-10-4-2-3-9(13-10)7-11(16)17/h2-6H,7-8H2,1H3,(H,16,17). The molecule has 2 aromatic rings. The molecule has 2 rings (SSSR count). The number of ether oxygens (including phenoxy) is 1. The molecule has 0 amide bonds. The van der Waals surface area contributed by atoms with E-state index in [-0.39, 0.29) is 6.42 Å². The van der Waals surface area contributed by atoms with Gasteiger partial charge in [0.05, 0.1) is 12.1 Å². The van der Waals surface area contributed by atoms with Crippen molar-refractivity contribution in [1.29, 1.82) is 0 Å². The zero-order valence-electron chi connectivity index (χ0n) is 10.3. The van der Waals surface area contributed by atoms with E-state index in [0.717, 1.165) is 4.80 Å². The molecule has 6 nitrogen and oxygen atoms in total. The number of aliphatic carboxylic acids is 1. The smallest absolute Gasteiger partial charge is 0.309 e. The maximum atomic E-state index is 10.6. The number of pyridine rings is 1. The summed E-state index contributed by atoms with van der Waals surface area (Å²) in [5.74, 6) is -0.415. The van der Waals surface area contributed by atoms with Crippen LogP contribution in [0.5, 0.6) is 0 Å². The largest absolute Gasteiger partial charge is 0.481 e. The Labute approximate surface area is 113 Å². The molecule has 0 spiro atoms. The topological polar surface area (TPSA) is 76.7 Å². The normalized spacial score (nSPS) is 11.7. The molecule has 0 radical (unpaired) electrons. The summed E-state index contributed by atoms with van der Waals surface area (Å²) < 4.78 is 6.90. The van der Waals surface area contributed by atoms with Gasteiger partial charge in [0.1, 0.15) is 6.73 Å². The number of thiazole rings is 1. The Kier molecular flexibility index (Phi) is 4.43. The summed E-state index contributed by atoms with van der Waals surface area (Å²) in [5.41, 5.74) is 0.489. The Morgan fingerprint density at radius 3 is 3.16 bits per heavy atom. The van der Waals surface area contributed by atoms with Gasteiger partial charge in [-0.2, -0.15) is 0 Å². The van der Waals surface area contributed by atoms with Crippen molar-refractivity contribution in [3.63, 3.8) is 0 Å². The highest BCUT2D eigenvalue weighted by Gasteiger charge is 2.03. The minimum absolute atomic E-state index is 0.105. The van der Waals surface area contributed by atoms with Gasteiger partial charge in [-0.3, -0.25) is 9.36 Å². The number of hydrogen-bond donors (Lipinski definition) is 1. The number of nitrogens with zero attached hydrogens (tertiary/aromatic N) is 3. The van der Waals surface area contributed by atoms with Crippen LogP contribution in [-0.4, -0.2) is 27.7 Å². The minimum Gasteiger partial charge on any atom is -0.481 e. The first-order valence-electron chi connectivity index (χ1n) is 5.54. The zero-order chi connectivity index (χ0) is 13.7. The third-order valence-electron chi connectivity index (χ3n) is 2.26. The fourth-order valence-corrected chi connectivity index (χ4v) is 2.23. The molecule has 0 bridgehead atoms. The lowest BCUT2D eigenvalue weighted by atomic mass is 10.3. The van der Waals surface area contributed by atoms with E-state index in [2.05, 4.69) is 9.98 Å². The van der Waals surface area contributed by atoms with Crippen LogP contribution in [-0.2, 0) is 22.7 Å². The van der Waals surface area contributed by atoms with Gasteiger partial charge in [-0.1, -0.05) is 6.07 Å². The maximum absolute atomic E-state index is 10.6. The number of carbonyl (C=O) groups is 1. The van der Waals surface area contributed by atoms with Gasteiger partial charge in [0, 0.05) is 18.7 Å². The third-order valence-corrected chi connectivity index (χ3v) is 3.06. The van der Waals surface area contributed by atoms with Crippen LogP contribution in [0.15, 0.2) is 34.8 Å². The van der Waals surface area contributed by atoms with E-state index in [4.69, 9.17) is 9.84 Å². The second-order valence-electron chi connectivity index (χ2n) is 3.74. The van der Waals surface area contributed by atoms with Crippen molar-refractivity contribution in [3.8, 4) is 0 Å². The second kappa shape index (κ2) is 6.26. The minimum atomic E-state index is -0.907. The van der Waals surface area contributed by atoms with E-state index in [9.17, 15) is 4.79 Å². The van der Waals surface area contributed by atoms with Gasteiger partial charge in [-0.25, -0.2) is 9.98 Å². The molecule has 0 saturated heterocycles. The number of carboxylic acids is 1. The van der Waals surface area contributed by atoms with E-state index in [1.165, 1.54) is 11.3 Å². The predicted molar refractivity (Wildman–Crippen MR) is 70.1 cm³/mol. The summed E-state index contributed by atoms with van der Waals surface area (Å²) in [4.78, 5) is 20.0. The van der Waals surface area contributed by atoms with Crippen LogP contribution in [0.3, 0.4) is 0 Å². The predicted octanol–water partition coefficient (Wildman–Crippen LogP) is 1.41. The zero-order valence-corrected chi connectivity index (χ0v) is 11.1. The summed E-state index contributed by atoms with van der Waals surface area (Å²) >= 11 is 1.46. The van der Waals surface area contributed by atoms with Crippen LogP contribution in [0.25, 0.3) is 0 Å². The number of carboxylic acid groups (broad SMARTS) is 1. The molecular weight excluding hydrogens is 266 g/mol. The number of hydrogen-bond acceptors (Lipinski definition) is 5. The SMILES string of the molecule is COCn1ccsc1=Nc1cccc(CC(=O)O)n1. The molecule has 0 aliphatic heterocycles. The van der Waals surface area contributed by atoms with Crippen LogP contribution in [0, 0.1) is 0 Å². The molecule has 0 unspecified atom stereocenters. The molecule has 2 aromatic heterocycles. The van der Waals surface area contributed by atoms with Crippen molar-refractivity contribution in [3.05, 3.63) is 40.3 Å². The molecule has 100 valence electrons. The highest BCUT2D eigenvalue weighted by atomic mass is 32.1. The summed E-state index contributed by atoms with van der Waals surface area (Å²) in [6.07, 6.45) is 1.76. The molecule has 0 fully saturated rings. The lowest BCUT2D eigenvalue weighted by molar-refractivity contribution is -0.136. The first-order valence-corrected chi connectivity index (χ1v) is 6.42. The summed E-state index contributed by atoms with van der Waals surface area (Å²) in [7, 11) is 1.61. The van der Waals surface area contributed by atoms with E-state index in [0.29, 0.717) is 18.2 Å². The van der Waals surface area contributed by atoms with Crippen LogP contribution in [0.2, 0.25) is 0 Å². The van der Waals surface area contributed by atoms with Crippen molar-refractivity contribution < 1.29 is 14.6 Å². The molecule has 7 heteroatoms. The van der Waals surface area contributed by atoms with Crippen molar-refractivity contribution in [2.24, 2.45) is 4.99 Å². The Bertz CT molecular complexity index is 633. The molecule has 0 atom stereocenters. The quantitative estimate of drug-likeness (QED) is 0.897. The van der Waals surface area contributed by atoms with E-state index in [1.807, 2.05) is 16.1 Å². The van der Waals surface area contributed by atoms with Gasteiger partial charge in [-0.05, 0) is 12.1 Å². The first-order chi connectivity index (χ1) is 9.19. The highest BCUT2D eigenvalue weighted by Crippen LogP contribution is 2.09. The van der Waals surface area contributed by atoms with Gasteiger partial charge in [-0.15, -0.1) is 11.3 Å². The fourth-order valence-electron chi connectivity index (χ4n) is 1.50. The Balaban J connectivity index is 2.31. The van der Waals surface area contributed by atoms with Gasteiger partial charge >= 0.3 is 5.97 Å². The second-order valence-corrected chi connectivity index (χ2v) is 4.62. The molecular formula is C12H13N3O3S. The molecule has 1 N–H and O–H groups in total. The molecule has 0 aliphatic rings. The van der Waals surface area contributed by atoms with Crippen LogP contribution < -0.4 is 4.80 Å². The van der Waals surface area contributed by atoms with Crippen LogP contribution in [0.4, 0.5) is 5.82 Å². The molecule has 2 heterocycles. The van der Waals surface area contributed by atoms with Crippen LogP contribution in [0.1, 0.15) is 5.69 Å². The van der Waals surface area contributed by atoms with E-state index >= 15 is 0 Å². The number of aromatic nitrogens is 2. The molecule has 0 saturated carbocycles. The van der Waals surface area contributed by atoms with Gasteiger partial charge < -0.3 is 9.84 Å². The average Bonchev–Trinajstić information content (AvgIpc) is 2.77. The van der Waals surface area contributed by atoms with Crippen molar-refractivity contribution in [2.75, 3.05) is 7.11 Å². The van der Waals surface area contributed by atoms with Crippen molar-refractivity contribution in [1.82, 2.24) is 9.55 Å². The Hall–Kier alpha value is -1.99. The van der Waals surface area contributed by atoms with Gasteiger partial charge in [0.25, 0.3) is 0 Å². The lowest BCUT2D eigenvalue weighted by Gasteiger charge is -2.00. The van der Waals surface area contributed by atoms with Crippen molar-refractivity contribution >= 4 is 23.1 Å². The Morgan fingerprint density at radius 1 is 1.58 bits per heavy atom. The van der Waals surface area contributed by atoms with Crippen LogP contribution >= 0.6 is 11.3 Å². The average molecular weight is 279 g/mol. The summed E-state index contributed by atoms with van der Waals surface area (Å²) in [6.45, 7) is 0.414. The number of methoxy groups -OCH3 is 1. The number of rotatable bonds is 5. The summed E-state index contributed by atoms with van der Waals surface area (Å²) in [6, 6.07) is 5.16. The van der Waals surface area contributed by atoms with Gasteiger partial charge in [0.2, 0.25) is 0 Å². The summed E-state index contributed by atoms with van der Waals surface area (Å²) in [5, 5.41) is 10.6. The molecule has 0 aromatic carbocycles. The third kappa shape index (κ3) is 3.73. The first kappa shape index (κ1) is 13.4. The highest BCUT2D eigenvalue weighted by molar-refractivity contribution is 7.07. The van der Waals surface area contributed by atoms with Gasteiger partial charge in [0.15, 0.2) is 10.6 Å². The van der Waals surface area contributed by atoms with E-state index < -0.39 is 5.97 Å². The maximum Gasteiger partial charge on any atom is 0.309 e. The van der Waals surface area contributed by atoms with E-state index in [1.54, 1.807) is 25.3 Å². The monoisotopic (exact) mass is 279 g/mol. The molecule has 19 heavy (non-hydrogen) atoms. The lowest BCUT2D eigenvalue weighted by Crippen LogP contribution is -2.14. The van der Waals surface area contributed by atoms with Crippen molar-refractivity contribution in [2.45, 2.75) is 13.2 Å².